The van der Waals surface area contributed by atoms with E-state index in [0.717, 1.165) is 34.3 Å². The summed E-state index contributed by atoms with van der Waals surface area (Å²) < 4.78 is 2.01. The molecule has 1 aromatic carbocycles. The lowest BCUT2D eigenvalue weighted by atomic mass is 10.1. The number of aromatic nitrogens is 3. The Morgan fingerprint density at radius 2 is 2.06 bits per heavy atom. The Morgan fingerprint density at radius 3 is 2.71 bits per heavy atom. The van der Waals surface area contributed by atoms with Crippen molar-refractivity contribution in [2.45, 2.75) is 26.3 Å². The van der Waals surface area contributed by atoms with Crippen molar-refractivity contribution < 1.29 is 0 Å². The van der Waals surface area contributed by atoms with E-state index in [1.165, 1.54) is 0 Å². The fraction of sp³-hybridized carbons (Fsp3) is 0.333. The standard InChI is InChI=1S/C12H13Cl2N3/c1-3-17-11(7-13)15-16-12(17)9-5-4-6-10(14)8(9)2/h4-6H,3,7H2,1-2H3. The van der Waals surface area contributed by atoms with E-state index in [0.29, 0.717) is 5.88 Å². The molecule has 2 rings (SSSR count). The van der Waals surface area contributed by atoms with E-state index in [-0.39, 0.29) is 0 Å². The molecule has 0 aliphatic carbocycles. The molecule has 0 unspecified atom stereocenters. The molecule has 0 fully saturated rings. The van der Waals surface area contributed by atoms with Crippen LogP contribution in [0.1, 0.15) is 18.3 Å². The van der Waals surface area contributed by atoms with Crippen molar-refractivity contribution in [2.75, 3.05) is 0 Å². The van der Waals surface area contributed by atoms with Gasteiger partial charge in [-0.2, -0.15) is 0 Å². The van der Waals surface area contributed by atoms with Gasteiger partial charge in [0, 0.05) is 17.1 Å². The minimum atomic E-state index is 0.362. The molecule has 17 heavy (non-hydrogen) atoms. The average Bonchev–Trinajstić information content (AvgIpc) is 2.75. The molecule has 0 aliphatic rings. The molecule has 90 valence electrons. The predicted octanol–water partition coefficient (Wildman–Crippen LogP) is 3.67. The van der Waals surface area contributed by atoms with Crippen LogP contribution in [0.4, 0.5) is 0 Å². The Kier molecular flexibility index (Phi) is 3.69. The molecule has 1 heterocycles. The van der Waals surface area contributed by atoms with Crippen LogP contribution >= 0.6 is 23.2 Å². The molecule has 1 aromatic heterocycles. The molecular weight excluding hydrogens is 257 g/mol. The van der Waals surface area contributed by atoms with Crippen LogP contribution in [0.25, 0.3) is 11.4 Å². The first-order valence-corrected chi connectivity index (χ1v) is 6.33. The van der Waals surface area contributed by atoms with Crippen molar-refractivity contribution in [3.8, 4) is 11.4 Å². The molecule has 0 aliphatic heterocycles. The molecular formula is C12H13Cl2N3. The predicted molar refractivity (Wildman–Crippen MR) is 70.4 cm³/mol. The van der Waals surface area contributed by atoms with Crippen molar-refractivity contribution in [1.29, 1.82) is 0 Å². The maximum absolute atomic E-state index is 6.12. The van der Waals surface area contributed by atoms with Crippen LogP contribution in [-0.2, 0) is 12.4 Å². The Labute approximate surface area is 110 Å². The van der Waals surface area contributed by atoms with Crippen molar-refractivity contribution in [3.05, 3.63) is 34.6 Å². The lowest BCUT2D eigenvalue weighted by Crippen LogP contribution is -2.02. The van der Waals surface area contributed by atoms with E-state index in [1.807, 2.05) is 36.6 Å². The lowest BCUT2D eigenvalue weighted by molar-refractivity contribution is 0.730. The summed E-state index contributed by atoms with van der Waals surface area (Å²) in [5, 5.41) is 9.03. The van der Waals surface area contributed by atoms with Crippen LogP contribution < -0.4 is 0 Å². The molecule has 0 N–H and O–H groups in total. The minimum absolute atomic E-state index is 0.362. The molecule has 0 bridgehead atoms. The van der Waals surface area contributed by atoms with E-state index < -0.39 is 0 Å². The van der Waals surface area contributed by atoms with Crippen molar-refractivity contribution in [2.24, 2.45) is 0 Å². The summed E-state index contributed by atoms with van der Waals surface area (Å²) in [5.74, 6) is 1.96. The number of hydrogen-bond acceptors (Lipinski definition) is 2. The zero-order chi connectivity index (χ0) is 12.4. The lowest BCUT2D eigenvalue weighted by Gasteiger charge is -2.09. The van der Waals surface area contributed by atoms with Gasteiger partial charge in [0.25, 0.3) is 0 Å². The highest BCUT2D eigenvalue weighted by Crippen LogP contribution is 2.27. The third-order valence-corrected chi connectivity index (χ3v) is 3.42. The van der Waals surface area contributed by atoms with Gasteiger partial charge in [-0.25, -0.2) is 0 Å². The quantitative estimate of drug-likeness (QED) is 0.797. The fourth-order valence-corrected chi connectivity index (χ4v) is 2.19. The Morgan fingerprint density at radius 1 is 1.29 bits per heavy atom. The highest BCUT2D eigenvalue weighted by atomic mass is 35.5. The number of rotatable bonds is 3. The molecule has 0 radical (unpaired) electrons. The number of benzene rings is 1. The molecule has 2 aromatic rings. The van der Waals surface area contributed by atoms with Gasteiger partial charge in [0.2, 0.25) is 0 Å². The smallest absolute Gasteiger partial charge is 0.164 e. The Balaban J connectivity index is 2.60. The zero-order valence-corrected chi connectivity index (χ0v) is 11.3. The highest BCUT2D eigenvalue weighted by Gasteiger charge is 2.14. The first-order valence-electron chi connectivity index (χ1n) is 5.42. The van der Waals surface area contributed by atoms with Crippen LogP contribution in [0.15, 0.2) is 18.2 Å². The second kappa shape index (κ2) is 5.07. The van der Waals surface area contributed by atoms with Crippen LogP contribution in [0, 0.1) is 6.92 Å². The normalized spacial score (nSPS) is 10.8. The van der Waals surface area contributed by atoms with Crippen LogP contribution in [-0.4, -0.2) is 14.8 Å². The summed E-state index contributed by atoms with van der Waals surface area (Å²) in [6, 6.07) is 5.78. The third kappa shape index (κ3) is 2.17. The monoisotopic (exact) mass is 269 g/mol. The number of nitrogens with zero attached hydrogens (tertiary/aromatic N) is 3. The van der Waals surface area contributed by atoms with Gasteiger partial charge in [0.05, 0.1) is 5.88 Å². The molecule has 0 saturated carbocycles. The molecule has 0 atom stereocenters. The average molecular weight is 270 g/mol. The van der Waals surface area contributed by atoms with E-state index in [9.17, 15) is 0 Å². The zero-order valence-electron chi connectivity index (χ0n) is 9.74. The third-order valence-electron chi connectivity index (χ3n) is 2.77. The van der Waals surface area contributed by atoms with Crippen molar-refractivity contribution in [3.63, 3.8) is 0 Å². The summed E-state index contributed by atoms with van der Waals surface area (Å²) in [4.78, 5) is 0. The first kappa shape index (κ1) is 12.4. The Hall–Kier alpha value is -1.06. The SMILES string of the molecule is CCn1c(CCl)nnc1-c1cccc(Cl)c1C. The minimum Gasteiger partial charge on any atom is -0.310 e. The molecule has 0 spiro atoms. The second-order valence-electron chi connectivity index (χ2n) is 3.73. The van der Waals surface area contributed by atoms with Crippen LogP contribution in [0.3, 0.4) is 0 Å². The highest BCUT2D eigenvalue weighted by molar-refractivity contribution is 6.31. The maximum atomic E-state index is 6.12. The van der Waals surface area contributed by atoms with Gasteiger partial charge in [-0.05, 0) is 25.5 Å². The van der Waals surface area contributed by atoms with Gasteiger partial charge < -0.3 is 4.57 Å². The van der Waals surface area contributed by atoms with Gasteiger partial charge >= 0.3 is 0 Å². The van der Waals surface area contributed by atoms with E-state index in [1.54, 1.807) is 0 Å². The second-order valence-corrected chi connectivity index (χ2v) is 4.40. The summed E-state index contributed by atoms with van der Waals surface area (Å²) in [6.07, 6.45) is 0. The van der Waals surface area contributed by atoms with Crippen LogP contribution in [0.2, 0.25) is 5.02 Å². The van der Waals surface area contributed by atoms with Gasteiger partial charge in [-0.1, -0.05) is 23.7 Å². The van der Waals surface area contributed by atoms with E-state index in [4.69, 9.17) is 23.2 Å². The van der Waals surface area contributed by atoms with Crippen LogP contribution in [0.5, 0.6) is 0 Å². The first-order chi connectivity index (χ1) is 8.19. The summed E-state index contributed by atoms with van der Waals surface area (Å²) in [7, 11) is 0. The van der Waals surface area contributed by atoms with Gasteiger partial charge in [-0.15, -0.1) is 21.8 Å². The van der Waals surface area contributed by atoms with E-state index >= 15 is 0 Å². The summed E-state index contributed by atoms with van der Waals surface area (Å²) in [6.45, 7) is 4.81. The topological polar surface area (TPSA) is 30.7 Å². The molecule has 3 nitrogen and oxygen atoms in total. The number of halogens is 2. The number of alkyl halides is 1. The summed E-state index contributed by atoms with van der Waals surface area (Å²) >= 11 is 11.9. The van der Waals surface area contributed by atoms with Crippen molar-refractivity contribution >= 4 is 23.2 Å². The molecule has 5 heteroatoms. The maximum Gasteiger partial charge on any atom is 0.164 e. The van der Waals surface area contributed by atoms with Crippen molar-refractivity contribution in [1.82, 2.24) is 14.8 Å². The largest absolute Gasteiger partial charge is 0.310 e. The van der Waals surface area contributed by atoms with E-state index in [2.05, 4.69) is 10.2 Å². The van der Waals surface area contributed by atoms with Gasteiger partial charge in [-0.3, -0.25) is 0 Å². The molecule has 0 saturated heterocycles. The van der Waals surface area contributed by atoms with Gasteiger partial charge in [0.15, 0.2) is 5.82 Å². The summed E-state index contributed by atoms with van der Waals surface area (Å²) in [5.41, 5.74) is 2.01. The van der Waals surface area contributed by atoms with Gasteiger partial charge in [0.1, 0.15) is 5.82 Å². The fourth-order valence-electron chi connectivity index (χ4n) is 1.82. The number of hydrogen-bond donors (Lipinski definition) is 0. The Bertz CT molecular complexity index is 535. The molecule has 0 amide bonds.